The maximum atomic E-state index is 13.7. The van der Waals surface area contributed by atoms with E-state index in [9.17, 15) is 14.4 Å². The summed E-state index contributed by atoms with van der Waals surface area (Å²) < 4.78 is 9.02. The Labute approximate surface area is 248 Å². The summed E-state index contributed by atoms with van der Waals surface area (Å²) in [5.74, 6) is 0.142. The van der Waals surface area contributed by atoms with Crippen LogP contribution in [0.25, 0.3) is 5.69 Å². The molecular weight excluding hydrogens is 540 g/mol. The first-order valence-corrected chi connectivity index (χ1v) is 14.3. The summed E-state index contributed by atoms with van der Waals surface area (Å²) in [5.41, 5.74) is 1.13. The van der Waals surface area contributed by atoms with Crippen molar-refractivity contribution in [2.24, 2.45) is 12.5 Å². The van der Waals surface area contributed by atoms with Gasteiger partial charge in [-0.2, -0.15) is 0 Å². The monoisotopic (exact) mass is 582 g/mol. The number of ether oxygens (including phenoxy) is 1. The van der Waals surface area contributed by atoms with E-state index in [1.807, 2.05) is 76.9 Å². The van der Waals surface area contributed by atoms with Crippen molar-refractivity contribution < 1.29 is 14.3 Å². The van der Waals surface area contributed by atoms with Crippen molar-refractivity contribution in [2.75, 3.05) is 26.0 Å². The highest BCUT2D eigenvalue weighted by Crippen LogP contribution is 2.31. The van der Waals surface area contributed by atoms with Crippen LogP contribution in [0.15, 0.2) is 53.3 Å². The molecule has 0 aliphatic carbocycles. The van der Waals surface area contributed by atoms with Crippen LogP contribution in [0, 0.1) is 5.41 Å². The van der Waals surface area contributed by atoms with Crippen LogP contribution in [0.1, 0.15) is 69.9 Å². The Morgan fingerprint density at radius 3 is 2.32 bits per heavy atom. The SMILES string of the molecule is CCOc1ccc(Cl)cc1C(=O)CCC(C)(C)CC(=O)Nc1c(CC(C)(C)N(C)C)n(C)n(-c2ccccc2)c1=O. The molecule has 9 heteroatoms. The van der Waals surface area contributed by atoms with Gasteiger partial charge in [0.25, 0.3) is 5.56 Å². The number of rotatable bonds is 13. The highest BCUT2D eigenvalue weighted by atomic mass is 35.5. The lowest BCUT2D eigenvalue weighted by Crippen LogP contribution is -2.41. The second-order valence-electron chi connectivity index (χ2n) is 12.1. The van der Waals surface area contributed by atoms with Crippen LogP contribution in [-0.4, -0.2) is 52.2 Å². The molecule has 1 amide bonds. The van der Waals surface area contributed by atoms with Crippen molar-refractivity contribution >= 4 is 29.0 Å². The minimum atomic E-state index is -0.500. The van der Waals surface area contributed by atoms with Crippen LogP contribution in [0.3, 0.4) is 0 Å². The van der Waals surface area contributed by atoms with Gasteiger partial charge >= 0.3 is 0 Å². The number of anilines is 1. The Morgan fingerprint density at radius 1 is 1.05 bits per heavy atom. The Hall–Kier alpha value is -3.36. The molecule has 1 N–H and O–H groups in total. The molecule has 0 spiro atoms. The smallest absolute Gasteiger partial charge is 0.295 e. The van der Waals surface area contributed by atoms with Crippen LogP contribution in [0.4, 0.5) is 5.69 Å². The zero-order chi connectivity index (χ0) is 30.5. The quantitative estimate of drug-likeness (QED) is 0.245. The Morgan fingerprint density at radius 2 is 1.71 bits per heavy atom. The summed E-state index contributed by atoms with van der Waals surface area (Å²) in [6, 6.07) is 14.4. The van der Waals surface area contributed by atoms with E-state index >= 15 is 0 Å². The van der Waals surface area contributed by atoms with E-state index in [1.165, 1.54) is 0 Å². The minimum Gasteiger partial charge on any atom is -0.493 e. The molecule has 0 bridgehead atoms. The third kappa shape index (κ3) is 7.89. The number of carbonyl (C=O) groups is 2. The largest absolute Gasteiger partial charge is 0.493 e. The van der Waals surface area contributed by atoms with E-state index in [0.717, 1.165) is 11.4 Å². The highest BCUT2D eigenvalue weighted by molar-refractivity contribution is 6.31. The van der Waals surface area contributed by atoms with Gasteiger partial charge in [-0.05, 0) is 77.0 Å². The molecule has 2 aromatic carbocycles. The third-order valence-corrected chi connectivity index (χ3v) is 7.91. The lowest BCUT2D eigenvalue weighted by molar-refractivity contribution is -0.118. The number of halogens is 1. The molecule has 0 fully saturated rings. The van der Waals surface area contributed by atoms with Crippen LogP contribution < -0.4 is 15.6 Å². The molecule has 222 valence electrons. The number of benzene rings is 2. The van der Waals surface area contributed by atoms with Gasteiger partial charge in [0.1, 0.15) is 11.4 Å². The normalized spacial score (nSPS) is 12.0. The molecule has 0 aliphatic heterocycles. The number of nitrogens with one attached hydrogen (secondary N) is 1. The highest BCUT2D eigenvalue weighted by Gasteiger charge is 2.30. The van der Waals surface area contributed by atoms with Crippen molar-refractivity contribution in [2.45, 2.75) is 65.8 Å². The Kier molecular flexibility index (Phi) is 10.3. The predicted molar refractivity (Wildman–Crippen MR) is 166 cm³/mol. The van der Waals surface area contributed by atoms with Crippen molar-refractivity contribution in [1.82, 2.24) is 14.3 Å². The number of amides is 1. The molecule has 0 unspecified atom stereocenters. The molecule has 0 saturated carbocycles. The minimum absolute atomic E-state index is 0.0913. The number of likely N-dealkylation sites (N-methyl/N-ethyl adjacent to an activating group) is 1. The van der Waals surface area contributed by atoms with E-state index < -0.39 is 5.41 Å². The van der Waals surface area contributed by atoms with Gasteiger partial charge < -0.3 is 15.0 Å². The molecule has 3 aromatic rings. The van der Waals surface area contributed by atoms with Crippen LogP contribution in [-0.2, 0) is 18.3 Å². The fourth-order valence-corrected chi connectivity index (χ4v) is 4.87. The third-order valence-electron chi connectivity index (χ3n) is 7.67. The van der Waals surface area contributed by atoms with Gasteiger partial charge in [-0.25, -0.2) is 4.68 Å². The van der Waals surface area contributed by atoms with E-state index in [1.54, 1.807) is 22.9 Å². The molecule has 0 aliphatic rings. The summed E-state index contributed by atoms with van der Waals surface area (Å²) in [6.45, 7) is 10.4. The first-order valence-electron chi connectivity index (χ1n) is 14.0. The van der Waals surface area contributed by atoms with Crippen LogP contribution >= 0.6 is 11.6 Å². The van der Waals surface area contributed by atoms with E-state index in [2.05, 4.69) is 24.1 Å². The van der Waals surface area contributed by atoms with Crippen molar-refractivity contribution in [3.05, 3.63) is 75.2 Å². The zero-order valence-corrected chi connectivity index (χ0v) is 26.3. The number of aromatic nitrogens is 2. The average Bonchev–Trinajstić information content (AvgIpc) is 3.12. The number of Topliss-reactive ketones (excluding diaryl/α,β-unsaturated/α-hetero) is 1. The molecule has 1 heterocycles. The number of hydrogen-bond acceptors (Lipinski definition) is 5. The number of ketones is 1. The van der Waals surface area contributed by atoms with Crippen molar-refractivity contribution in [1.29, 1.82) is 0 Å². The van der Waals surface area contributed by atoms with Gasteiger partial charge in [0.05, 0.1) is 23.6 Å². The van der Waals surface area contributed by atoms with Gasteiger partial charge in [0.2, 0.25) is 5.91 Å². The number of hydrogen-bond donors (Lipinski definition) is 1. The molecule has 0 radical (unpaired) electrons. The lowest BCUT2D eigenvalue weighted by atomic mass is 9.82. The molecule has 1 aromatic heterocycles. The number of carbonyl (C=O) groups excluding carboxylic acids is 2. The zero-order valence-electron chi connectivity index (χ0n) is 25.5. The van der Waals surface area contributed by atoms with E-state index in [-0.39, 0.29) is 41.3 Å². The maximum absolute atomic E-state index is 13.7. The van der Waals surface area contributed by atoms with E-state index in [4.69, 9.17) is 16.3 Å². The molecule has 0 atom stereocenters. The average molecular weight is 583 g/mol. The van der Waals surface area contributed by atoms with Crippen molar-refractivity contribution in [3.63, 3.8) is 0 Å². The fraction of sp³-hybridized carbons (Fsp3) is 0.469. The van der Waals surface area contributed by atoms with Crippen LogP contribution in [0.2, 0.25) is 5.02 Å². The van der Waals surface area contributed by atoms with Gasteiger partial charge in [0.15, 0.2) is 5.78 Å². The summed E-state index contributed by atoms with van der Waals surface area (Å²) >= 11 is 6.14. The summed E-state index contributed by atoms with van der Waals surface area (Å²) in [6.07, 6.45) is 1.39. The predicted octanol–water partition coefficient (Wildman–Crippen LogP) is 6.13. The topological polar surface area (TPSA) is 85.6 Å². The number of para-hydroxylation sites is 1. The van der Waals surface area contributed by atoms with Gasteiger partial charge in [-0.15, -0.1) is 0 Å². The fourth-order valence-electron chi connectivity index (χ4n) is 4.70. The second kappa shape index (κ2) is 13.1. The standard InChI is InChI=1S/C32H43ClN4O4/c1-9-41-27-16-15-22(33)19-24(27)26(38)17-18-31(2,3)21-28(39)34-29-25(20-32(4,5)35(6)7)36(8)37(30(29)40)23-13-11-10-12-14-23/h10-16,19H,9,17-18,20-21H2,1-8H3,(H,34,39). The summed E-state index contributed by atoms with van der Waals surface area (Å²) in [5, 5.41) is 3.41. The molecular formula is C32H43ClN4O4. The van der Waals surface area contributed by atoms with E-state index in [0.29, 0.717) is 35.8 Å². The molecule has 8 nitrogen and oxygen atoms in total. The van der Waals surface area contributed by atoms with Crippen molar-refractivity contribution in [3.8, 4) is 11.4 Å². The van der Waals surface area contributed by atoms with Gasteiger partial charge in [-0.1, -0.05) is 43.6 Å². The Bertz CT molecular complexity index is 1440. The van der Waals surface area contributed by atoms with Gasteiger partial charge in [-0.3, -0.25) is 19.1 Å². The molecule has 41 heavy (non-hydrogen) atoms. The summed E-state index contributed by atoms with van der Waals surface area (Å²) in [4.78, 5) is 42.3. The molecule has 3 rings (SSSR count). The second-order valence-corrected chi connectivity index (χ2v) is 12.5. The maximum Gasteiger partial charge on any atom is 0.295 e. The lowest BCUT2D eigenvalue weighted by Gasteiger charge is -2.33. The molecule has 0 saturated heterocycles. The number of nitrogens with zero attached hydrogens (tertiary/aromatic N) is 3. The summed E-state index contributed by atoms with van der Waals surface area (Å²) in [7, 11) is 5.83. The Balaban J connectivity index is 1.82. The first kappa shape index (κ1) is 32.2. The van der Waals surface area contributed by atoms with Crippen LogP contribution in [0.5, 0.6) is 5.75 Å². The first-order chi connectivity index (χ1) is 19.2. The van der Waals surface area contributed by atoms with Gasteiger partial charge in [0, 0.05) is 36.9 Å².